The van der Waals surface area contributed by atoms with Crippen molar-refractivity contribution in [3.8, 4) is 5.75 Å². The Bertz CT molecular complexity index is 452. The lowest BCUT2D eigenvalue weighted by molar-refractivity contribution is 0.0898. The highest BCUT2D eigenvalue weighted by atomic mass is 79.9. The number of carbonyl (C=O) groups is 1. The number of benzene rings is 1. The third-order valence-electron chi connectivity index (χ3n) is 3.15. The number of nitrogens with one attached hydrogen (secondary N) is 1. The molecule has 0 saturated heterocycles. The smallest absolute Gasteiger partial charge is 0.255 e. The van der Waals surface area contributed by atoms with Gasteiger partial charge in [0.15, 0.2) is 0 Å². The van der Waals surface area contributed by atoms with Crippen LogP contribution in [0.1, 0.15) is 43.1 Å². The minimum atomic E-state index is -0.224. The van der Waals surface area contributed by atoms with Crippen molar-refractivity contribution in [1.82, 2.24) is 5.32 Å². The molecule has 0 aliphatic heterocycles. The lowest BCUT2D eigenvalue weighted by Gasteiger charge is -2.31. The van der Waals surface area contributed by atoms with Crippen molar-refractivity contribution in [2.24, 2.45) is 5.41 Å². The molecule has 1 unspecified atom stereocenters. The Morgan fingerprint density at radius 3 is 2.53 bits per heavy atom. The molecule has 0 bridgehead atoms. The summed E-state index contributed by atoms with van der Waals surface area (Å²) in [6, 6.07) is 5.14. The van der Waals surface area contributed by atoms with Crippen LogP contribution in [0.4, 0.5) is 0 Å². The maximum Gasteiger partial charge on any atom is 0.255 e. The van der Waals surface area contributed by atoms with E-state index in [0.717, 1.165) is 17.3 Å². The van der Waals surface area contributed by atoms with Gasteiger partial charge in [-0.05, 0) is 36.5 Å². The molecule has 1 aromatic carbocycles. The molecular formula is C15H22BrNO2. The lowest BCUT2D eigenvalue weighted by atomic mass is 9.85. The largest absolute Gasteiger partial charge is 0.507 e. The van der Waals surface area contributed by atoms with E-state index in [4.69, 9.17) is 0 Å². The van der Waals surface area contributed by atoms with E-state index >= 15 is 0 Å². The summed E-state index contributed by atoms with van der Waals surface area (Å²) >= 11 is 3.41. The van der Waals surface area contributed by atoms with Gasteiger partial charge in [-0.15, -0.1) is 0 Å². The molecule has 0 spiro atoms. The minimum Gasteiger partial charge on any atom is -0.507 e. The zero-order valence-electron chi connectivity index (χ0n) is 12.0. The van der Waals surface area contributed by atoms with Gasteiger partial charge in [0.1, 0.15) is 5.75 Å². The number of aryl methyl sites for hydroxylation is 1. The number of halogens is 1. The maximum absolute atomic E-state index is 12.2. The van der Waals surface area contributed by atoms with Crippen molar-refractivity contribution >= 4 is 21.8 Å². The van der Waals surface area contributed by atoms with Crippen LogP contribution in [0.2, 0.25) is 0 Å². The molecule has 4 heteroatoms. The standard InChI is InChI=1S/C15H22BrNO2/c1-10-5-6-11(12(18)9-10)14(19)17-13(7-8-16)15(2,3)4/h5-6,9,13,18H,7-8H2,1-4H3,(H,17,19). The van der Waals surface area contributed by atoms with Crippen LogP contribution in [0.3, 0.4) is 0 Å². The van der Waals surface area contributed by atoms with Crippen LogP contribution in [-0.4, -0.2) is 22.4 Å². The van der Waals surface area contributed by atoms with Crippen LogP contribution >= 0.6 is 15.9 Å². The number of alkyl halides is 1. The lowest BCUT2D eigenvalue weighted by Crippen LogP contribution is -2.44. The van der Waals surface area contributed by atoms with E-state index < -0.39 is 0 Å². The normalized spacial score (nSPS) is 13.1. The molecule has 0 fully saturated rings. The number of rotatable bonds is 4. The second-order valence-corrected chi connectivity index (χ2v) is 6.68. The van der Waals surface area contributed by atoms with Gasteiger partial charge in [-0.3, -0.25) is 4.79 Å². The molecule has 0 heterocycles. The Morgan fingerprint density at radius 1 is 1.42 bits per heavy atom. The van der Waals surface area contributed by atoms with Gasteiger partial charge in [0.2, 0.25) is 0 Å². The van der Waals surface area contributed by atoms with Crippen LogP contribution in [-0.2, 0) is 0 Å². The average molecular weight is 328 g/mol. The minimum absolute atomic E-state index is 0.0241. The fourth-order valence-electron chi connectivity index (χ4n) is 1.90. The SMILES string of the molecule is Cc1ccc(C(=O)NC(CCBr)C(C)(C)C)c(O)c1. The Hall–Kier alpha value is -1.03. The fraction of sp³-hybridized carbons (Fsp3) is 0.533. The Labute approximate surface area is 123 Å². The molecule has 1 atom stereocenters. The first-order valence-electron chi connectivity index (χ1n) is 6.42. The zero-order valence-corrected chi connectivity index (χ0v) is 13.5. The van der Waals surface area contributed by atoms with E-state index in [-0.39, 0.29) is 23.1 Å². The maximum atomic E-state index is 12.2. The van der Waals surface area contributed by atoms with Crippen molar-refractivity contribution in [2.75, 3.05) is 5.33 Å². The molecule has 1 amide bonds. The van der Waals surface area contributed by atoms with Gasteiger partial charge in [0, 0.05) is 11.4 Å². The van der Waals surface area contributed by atoms with Gasteiger partial charge in [0.25, 0.3) is 5.91 Å². The molecule has 0 saturated carbocycles. The monoisotopic (exact) mass is 327 g/mol. The second-order valence-electron chi connectivity index (χ2n) is 5.89. The van der Waals surface area contributed by atoms with Gasteiger partial charge in [-0.2, -0.15) is 0 Å². The number of hydrogen-bond donors (Lipinski definition) is 2. The van der Waals surface area contributed by atoms with Crippen molar-refractivity contribution in [3.63, 3.8) is 0 Å². The van der Waals surface area contributed by atoms with E-state index in [9.17, 15) is 9.90 Å². The summed E-state index contributed by atoms with van der Waals surface area (Å²) in [5.74, 6) is -0.192. The van der Waals surface area contributed by atoms with Crippen LogP contribution in [0.25, 0.3) is 0 Å². The summed E-state index contributed by atoms with van der Waals surface area (Å²) < 4.78 is 0. The van der Waals surface area contributed by atoms with Crippen molar-refractivity contribution in [2.45, 2.75) is 40.2 Å². The molecule has 0 aromatic heterocycles. The number of hydrogen-bond acceptors (Lipinski definition) is 2. The number of carbonyl (C=O) groups excluding carboxylic acids is 1. The quantitative estimate of drug-likeness (QED) is 0.829. The number of phenols is 1. The Morgan fingerprint density at radius 2 is 2.05 bits per heavy atom. The summed E-state index contributed by atoms with van der Waals surface area (Å²) in [6.45, 7) is 8.16. The van der Waals surface area contributed by atoms with Gasteiger partial charge in [0.05, 0.1) is 5.56 Å². The highest BCUT2D eigenvalue weighted by molar-refractivity contribution is 9.09. The third-order valence-corrected chi connectivity index (χ3v) is 3.60. The molecule has 0 radical (unpaired) electrons. The molecular weight excluding hydrogens is 306 g/mol. The van der Waals surface area contributed by atoms with Crippen LogP contribution in [0.5, 0.6) is 5.75 Å². The predicted octanol–water partition coefficient (Wildman–Crippen LogP) is 3.63. The Balaban J connectivity index is 2.88. The fourth-order valence-corrected chi connectivity index (χ4v) is 2.36. The third kappa shape index (κ3) is 4.53. The number of aromatic hydroxyl groups is 1. The van der Waals surface area contributed by atoms with E-state index in [1.165, 1.54) is 0 Å². The number of phenolic OH excluding ortho intramolecular Hbond substituents is 1. The Kier molecular flexibility index (Phi) is 5.41. The highest BCUT2D eigenvalue weighted by Crippen LogP contribution is 2.24. The van der Waals surface area contributed by atoms with Gasteiger partial charge in [-0.1, -0.05) is 42.8 Å². The summed E-state index contributed by atoms with van der Waals surface area (Å²) in [6.07, 6.45) is 0.849. The molecule has 106 valence electrons. The van der Waals surface area contributed by atoms with Gasteiger partial charge in [-0.25, -0.2) is 0 Å². The van der Waals surface area contributed by atoms with E-state index in [1.807, 2.05) is 13.0 Å². The summed E-state index contributed by atoms with van der Waals surface area (Å²) in [5.41, 5.74) is 1.24. The van der Waals surface area contributed by atoms with Gasteiger partial charge < -0.3 is 10.4 Å². The second kappa shape index (κ2) is 6.42. The number of amides is 1. The van der Waals surface area contributed by atoms with Crippen LogP contribution in [0, 0.1) is 12.3 Å². The predicted molar refractivity (Wildman–Crippen MR) is 82.0 cm³/mol. The average Bonchev–Trinajstić information content (AvgIpc) is 2.26. The molecule has 0 aliphatic carbocycles. The van der Waals surface area contributed by atoms with E-state index in [2.05, 4.69) is 42.0 Å². The molecule has 19 heavy (non-hydrogen) atoms. The van der Waals surface area contributed by atoms with Crippen molar-refractivity contribution < 1.29 is 9.90 Å². The highest BCUT2D eigenvalue weighted by Gasteiger charge is 2.26. The van der Waals surface area contributed by atoms with E-state index in [0.29, 0.717) is 5.56 Å². The van der Waals surface area contributed by atoms with E-state index in [1.54, 1.807) is 12.1 Å². The first kappa shape index (κ1) is 16.0. The van der Waals surface area contributed by atoms with Crippen LogP contribution in [0.15, 0.2) is 18.2 Å². The molecule has 0 aliphatic rings. The topological polar surface area (TPSA) is 49.3 Å². The first-order valence-corrected chi connectivity index (χ1v) is 7.54. The molecule has 1 aromatic rings. The summed E-state index contributed by atoms with van der Waals surface area (Å²) in [7, 11) is 0. The van der Waals surface area contributed by atoms with Crippen LogP contribution < -0.4 is 5.32 Å². The molecule has 2 N–H and O–H groups in total. The van der Waals surface area contributed by atoms with Gasteiger partial charge >= 0.3 is 0 Å². The molecule has 3 nitrogen and oxygen atoms in total. The summed E-state index contributed by atoms with van der Waals surface area (Å²) in [4.78, 5) is 12.2. The van der Waals surface area contributed by atoms with Crippen molar-refractivity contribution in [1.29, 1.82) is 0 Å². The van der Waals surface area contributed by atoms with Crippen molar-refractivity contribution in [3.05, 3.63) is 29.3 Å². The summed E-state index contributed by atoms with van der Waals surface area (Å²) in [5, 5.41) is 13.7. The first-order chi connectivity index (χ1) is 8.75. The molecule has 1 rings (SSSR count). The zero-order chi connectivity index (χ0) is 14.6.